The second-order valence-electron chi connectivity index (χ2n) is 6.48. The van der Waals surface area contributed by atoms with Gasteiger partial charge in [-0.05, 0) is 38.1 Å². The first-order chi connectivity index (χ1) is 10.2. The van der Waals surface area contributed by atoms with Crippen molar-refractivity contribution in [3.8, 4) is 0 Å². The molecule has 1 N–H and O–H groups in total. The highest BCUT2D eigenvalue weighted by Gasteiger charge is 2.22. The Hall–Kier alpha value is -0.940. The maximum absolute atomic E-state index is 5.79. The summed E-state index contributed by atoms with van der Waals surface area (Å²) in [6.45, 7) is 9.55. The zero-order chi connectivity index (χ0) is 15.1. The van der Waals surface area contributed by atoms with E-state index in [0.29, 0.717) is 18.1 Å². The van der Waals surface area contributed by atoms with E-state index in [4.69, 9.17) is 4.74 Å². The average Bonchev–Trinajstić information content (AvgIpc) is 3.08. The van der Waals surface area contributed by atoms with Crippen LogP contribution in [-0.2, 0) is 17.7 Å². The summed E-state index contributed by atoms with van der Waals surface area (Å²) in [5.41, 5.74) is 0. The van der Waals surface area contributed by atoms with Crippen molar-refractivity contribution in [3.05, 3.63) is 12.2 Å². The van der Waals surface area contributed by atoms with Crippen LogP contribution in [0.15, 0.2) is 6.33 Å². The predicted octanol–water partition coefficient (Wildman–Crippen LogP) is 2.41. The van der Waals surface area contributed by atoms with Gasteiger partial charge in [-0.3, -0.25) is 0 Å². The second kappa shape index (κ2) is 8.49. The second-order valence-corrected chi connectivity index (χ2v) is 6.48. The van der Waals surface area contributed by atoms with Crippen molar-refractivity contribution in [2.24, 2.45) is 5.92 Å². The maximum atomic E-state index is 5.79. The van der Waals surface area contributed by atoms with E-state index in [1.165, 1.54) is 12.8 Å². The molecule has 0 saturated carbocycles. The average molecular weight is 294 g/mol. The smallest absolute Gasteiger partial charge is 0.138 e. The van der Waals surface area contributed by atoms with Crippen LogP contribution in [0, 0.1) is 5.92 Å². The van der Waals surface area contributed by atoms with Crippen LogP contribution in [0.4, 0.5) is 0 Å². The van der Waals surface area contributed by atoms with Crippen molar-refractivity contribution in [2.45, 2.75) is 71.6 Å². The Morgan fingerprint density at radius 1 is 1.48 bits per heavy atom. The number of nitrogens with zero attached hydrogens (tertiary/aromatic N) is 3. The van der Waals surface area contributed by atoms with Crippen LogP contribution in [0.25, 0.3) is 0 Å². The molecule has 1 saturated heterocycles. The van der Waals surface area contributed by atoms with Crippen LogP contribution < -0.4 is 5.32 Å². The SMILES string of the molecule is CCCNC(Cc1ncnn1CC(C)C)CC1CCCO1. The minimum atomic E-state index is 0.417. The normalized spacial score (nSPS) is 20.3. The molecular weight excluding hydrogens is 264 g/mol. The van der Waals surface area contributed by atoms with Crippen LogP contribution in [-0.4, -0.2) is 40.1 Å². The minimum absolute atomic E-state index is 0.417. The van der Waals surface area contributed by atoms with Gasteiger partial charge in [0.05, 0.1) is 6.10 Å². The fourth-order valence-electron chi connectivity index (χ4n) is 2.90. The highest BCUT2D eigenvalue weighted by atomic mass is 16.5. The fourth-order valence-corrected chi connectivity index (χ4v) is 2.90. The minimum Gasteiger partial charge on any atom is -0.378 e. The number of rotatable bonds is 9. The van der Waals surface area contributed by atoms with E-state index in [1.54, 1.807) is 6.33 Å². The van der Waals surface area contributed by atoms with Crippen LogP contribution in [0.5, 0.6) is 0 Å². The van der Waals surface area contributed by atoms with Crippen molar-refractivity contribution in [3.63, 3.8) is 0 Å². The van der Waals surface area contributed by atoms with Crippen LogP contribution >= 0.6 is 0 Å². The number of aromatic nitrogens is 3. The van der Waals surface area contributed by atoms with E-state index in [1.807, 2.05) is 0 Å². The van der Waals surface area contributed by atoms with Gasteiger partial charge in [0.1, 0.15) is 12.2 Å². The molecule has 2 atom stereocenters. The van der Waals surface area contributed by atoms with Crippen molar-refractivity contribution >= 4 is 0 Å². The molecule has 0 spiro atoms. The molecule has 2 unspecified atom stereocenters. The molecule has 0 radical (unpaired) electrons. The molecular formula is C16H30N4O. The van der Waals surface area contributed by atoms with E-state index >= 15 is 0 Å². The lowest BCUT2D eigenvalue weighted by atomic mass is 10.0. The van der Waals surface area contributed by atoms with Crippen LogP contribution in [0.1, 0.15) is 52.3 Å². The molecule has 1 fully saturated rings. The van der Waals surface area contributed by atoms with E-state index in [-0.39, 0.29) is 0 Å². The Morgan fingerprint density at radius 2 is 2.33 bits per heavy atom. The van der Waals surface area contributed by atoms with E-state index < -0.39 is 0 Å². The molecule has 5 heteroatoms. The van der Waals surface area contributed by atoms with Gasteiger partial charge < -0.3 is 10.1 Å². The summed E-state index contributed by atoms with van der Waals surface area (Å²) >= 11 is 0. The Kier molecular flexibility index (Phi) is 6.64. The first-order valence-corrected chi connectivity index (χ1v) is 8.40. The quantitative estimate of drug-likeness (QED) is 0.760. The number of hydrogen-bond acceptors (Lipinski definition) is 4. The Balaban J connectivity index is 1.94. The number of hydrogen-bond donors (Lipinski definition) is 1. The maximum Gasteiger partial charge on any atom is 0.138 e. The first kappa shape index (κ1) is 16.4. The van der Waals surface area contributed by atoms with Gasteiger partial charge in [0.15, 0.2) is 0 Å². The summed E-state index contributed by atoms with van der Waals surface area (Å²) < 4.78 is 7.85. The Morgan fingerprint density at radius 3 is 3.00 bits per heavy atom. The van der Waals surface area contributed by atoms with Gasteiger partial charge in [-0.15, -0.1) is 0 Å². The van der Waals surface area contributed by atoms with E-state index in [9.17, 15) is 0 Å². The molecule has 2 heterocycles. The van der Waals surface area contributed by atoms with Gasteiger partial charge in [0, 0.05) is 25.6 Å². The van der Waals surface area contributed by atoms with Crippen LogP contribution in [0.3, 0.4) is 0 Å². The van der Waals surface area contributed by atoms with Gasteiger partial charge in [0.2, 0.25) is 0 Å². The summed E-state index contributed by atoms with van der Waals surface area (Å²) in [5, 5.41) is 8.02. The zero-order valence-electron chi connectivity index (χ0n) is 13.7. The topological polar surface area (TPSA) is 52.0 Å². The van der Waals surface area contributed by atoms with Gasteiger partial charge >= 0.3 is 0 Å². The molecule has 120 valence electrons. The third-order valence-electron chi connectivity index (χ3n) is 3.92. The lowest BCUT2D eigenvalue weighted by Crippen LogP contribution is -2.36. The molecule has 0 amide bonds. The highest BCUT2D eigenvalue weighted by molar-refractivity contribution is 4.91. The summed E-state index contributed by atoms with van der Waals surface area (Å²) in [6, 6.07) is 0.433. The molecule has 1 aromatic heterocycles. The van der Waals surface area contributed by atoms with E-state index in [0.717, 1.165) is 44.8 Å². The molecule has 0 aromatic carbocycles. The molecule has 1 aliphatic heterocycles. The molecule has 2 rings (SSSR count). The van der Waals surface area contributed by atoms with Crippen LogP contribution in [0.2, 0.25) is 0 Å². The fraction of sp³-hybridized carbons (Fsp3) is 0.875. The summed E-state index contributed by atoms with van der Waals surface area (Å²) in [7, 11) is 0. The van der Waals surface area contributed by atoms with Crippen molar-refractivity contribution < 1.29 is 4.74 Å². The first-order valence-electron chi connectivity index (χ1n) is 8.40. The number of nitrogens with one attached hydrogen (secondary N) is 1. The highest BCUT2D eigenvalue weighted by Crippen LogP contribution is 2.18. The third kappa shape index (κ3) is 5.40. The molecule has 21 heavy (non-hydrogen) atoms. The predicted molar refractivity (Wildman–Crippen MR) is 84.2 cm³/mol. The Bertz CT molecular complexity index is 399. The monoisotopic (exact) mass is 294 g/mol. The molecule has 0 bridgehead atoms. The lowest BCUT2D eigenvalue weighted by Gasteiger charge is -2.21. The molecule has 1 aliphatic rings. The standard InChI is InChI=1S/C16H30N4O/c1-4-7-17-14(9-15-6-5-8-21-15)10-16-18-12-19-20(16)11-13(2)3/h12-15,17H,4-11H2,1-3H3. The molecule has 1 aromatic rings. The van der Waals surface area contributed by atoms with Gasteiger partial charge in [-0.25, -0.2) is 9.67 Å². The lowest BCUT2D eigenvalue weighted by molar-refractivity contribution is 0.0942. The van der Waals surface area contributed by atoms with Crippen molar-refractivity contribution in [1.29, 1.82) is 0 Å². The third-order valence-corrected chi connectivity index (χ3v) is 3.92. The van der Waals surface area contributed by atoms with E-state index in [2.05, 4.69) is 40.9 Å². The van der Waals surface area contributed by atoms with Crippen molar-refractivity contribution in [2.75, 3.05) is 13.2 Å². The Labute approximate surface area is 128 Å². The van der Waals surface area contributed by atoms with Gasteiger partial charge in [-0.1, -0.05) is 20.8 Å². The number of ether oxygens (including phenoxy) is 1. The van der Waals surface area contributed by atoms with Crippen molar-refractivity contribution in [1.82, 2.24) is 20.1 Å². The summed E-state index contributed by atoms with van der Waals surface area (Å²) in [4.78, 5) is 4.46. The summed E-state index contributed by atoms with van der Waals surface area (Å²) in [6.07, 6.45) is 7.67. The largest absolute Gasteiger partial charge is 0.378 e. The van der Waals surface area contributed by atoms with Gasteiger partial charge in [0.25, 0.3) is 0 Å². The molecule has 5 nitrogen and oxygen atoms in total. The molecule has 0 aliphatic carbocycles. The zero-order valence-corrected chi connectivity index (χ0v) is 13.7. The summed E-state index contributed by atoms with van der Waals surface area (Å²) in [5.74, 6) is 1.68. The van der Waals surface area contributed by atoms with Gasteiger partial charge in [-0.2, -0.15) is 5.10 Å².